The summed E-state index contributed by atoms with van der Waals surface area (Å²) in [6.07, 6.45) is 9.00. The van der Waals surface area contributed by atoms with Crippen LogP contribution in [0.3, 0.4) is 0 Å². The van der Waals surface area contributed by atoms with Crippen molar-refractivity contribution in [2.24, 2.45) is 0 Å². The highest BCUT2D eigenvalue weighted by atomic mass is 32.2. The van der Waals surface area contributed by atoms with E-state index < -0.39 is 0 Å². The molecule has 3 aromatic heterocycles. The Balaban J connectivity index is 1.40. The quantitative estimate of drug-likeness (QED) is 0.272. The molecule has 0 N–H and O–H groups in total. The molecule has 0 bridgehead atoms. The first-order chi connectivity index (χ1) is 14.3. The molecule has 0 amide bonds. The van der Waals surface area contributed by atoms with Gasteiger partial charge in [-0.15, -0.1) is 10.2 Å². The van der Waals surface area contributed by atoms with Gasteiger partial charge in [-0.2, -0.15) is 5.10 Å². The second-order valence-corrected chi connectivity index (χ2v) is 8.01. The Morgan fingerprint density at radius 3 is 2.66 bits per heavy atom. The Morgan fingerprint density at radius 2 is 1.90 bits per heavy atom. The van der Waals surface area contributed by atoms with Gasteiger partial charge in [0.25, 0.3) is 0 Å². The fourth-order valence-electron chi connectivity index (χ4n) is 3.27. The summed E-state index contributed by atoms with van der Waals surface area (Å²) in [6, 6.07) is 14.4. The molecule has 29 heavy (non-hydrogen) atoms. The summed E-state index contributed by atoms with van der Waals surface area (Å²) in [6.45, 7) is 3.69. The lowest BCUT2D eigenvalue weighted by atomic mass is 10.2. The van der Waals surface area contributed by atoms with Crippen LogP contribution in [0.5, 0.6) is 0 Å². The maximum atomic E-state index is 5.49. The van der Waals surface area contributed by atoms with Gasteiger partial charge in [0.15, 0.2) is 11.0 Å². The van der Waals surface area contributed by atoms with E-state index in [1.165, 1.54) is 12.0 Å². The Bertz CT molecular complexity index is 1010. The standard InChI is InChI=1S/C22H25N5OS/c1-18-20(11-15-28-18)21-24-25-22(27(21)17-19-9-4-2-5-10-19)29-16-7-3-6-13-26-14-8-12-23-26/h2,4-5,8-12,14-15H,3,6-7,13,16-17H2,1H3. The molecular formula is C22H25N5OS. The molecule has 3 heterocycles. The average Bonchev–Trinajstić information content (AvgIpc) is 3.48. The molecule has 0 atom stereocenters. The average molecular weight is 408 g/mol. The van der Waals surface area contributed by atoms with Gasteiger partial charge >= 0.3 is 0 Å². The maximum Gasteiger partial charge on any atom is 0.191 e. The van der Waals surface area contributed by atoms with E-state index in [-0.39, 0.29) is 0 Å². The van der Waals surface area contributed by atoms with Gasteiger partial charge in [-0.05, 0) is 37.5 Å². The molecule has 0 fully saturated rings. The fourth-order valence-corrected chi connectivity index (χ4v) is 4.21. The molecule has 0 saturated heterocycles. The highest BCUT2D eigenvalue weighted by molar-refractivity contribution is 7.99. The van der Waals surface area contributed by atoms with Crippen LogP contribution in [0.4, 0.5) is 0 Å². The van der Waals surface area contributed by atoms with Crippen molar-refractivity contribution in [1.29, 1.82) is 0 Å². The van der Waals surface area contributed by atoms with Gasteiger partial charge in [-0.3, -0.25) is 9.25 Å². The van der Waals surface area contributed by atoms with E-state index in [0.717, 1.165) is 54.0 Å². The van der Waals surface area contributed by atoms with E-state index in [4.69, 9.17) is 4.42 Å². The van der Waals surface area contributed by atoms with Crippen LogP contribution in [-0.2, 0) is 13.1 Å². The number of aromatic nitrogens is 5. The minimum Gasteiger partial charge on any atom is -0.469 e. The van der Waals surface area contributed by atoms with Gasteiger partial charge in [0.2, 0.25) is 0 Å². The van der Waals surface area contributed by atoms with E-state index in [9.17, 15) is 0 Å². The van der Waals surface area contributed by atoms with Crippen molar-refractivity contribution in [2.75, 3.05) is 5.75 Å². The molecule has 0 aliphatic heterocycles. The molecule has 0 radical (unpaired) electrons. The van der Waals surface area contributed by atoms with E-state index in [1.54, 1.807) is 18.0 Å². The monoisotopic (exact) mass is 407 g/mol. The van der Waals surface area contributed by atoms with Gasteiger partial charge in [0, 0.05) is 24.7 Å². The van der Waals surface area contributed by atoms with Crippen LogP contribution in [-0.4, -0.2) is 30.3 Å². The Morgan fingerprint density at radius 1 is 1.00 bits per heavy atom. The van der Waals surface area contributed by atoms with Crippen molar-refractivity contribution in [3.8, 4) is 11.4 Å². The predicted octanol–water partition coefficient (Wildman–Crippen LogP) is 5.05. The van der Waals surface area contributed by atoms with Crippen LogP contribution >= 0.6 is 11.8 Å². The first-order valence-corrected chi connectivity index (χ1v) is 10.9. The highest BCUT2D eigenvalue weighted by Crippen LogP contribution is 2.28. The second kappa shape index (κ2) is 9.60. The third-order valence-electron chi connectivity index (χ3n) is 4.82. The Kier molecular flexibility index (Phi) is 6.46. The fraction of sp³-hybridized carbons (Fsp3) is 0.318. The summed E-state index contributed by atoms with van der Waals surface area (Å²) in [5.74, 6) is 2.75. The lowest BCUT2D eigenvalue weighted by molar-refractivity contribution is 0.534. The van der Waals surface area contributed by atoms with Crippen molar-refractivity contribution in [3.05, 3.63) is 72.4 Å². The lowest BCUT2D eigenvalue weighted by Crippen LogP contribution is -2.04. The number of benzene rings is 1. The van der Waals surface area contributed by atoms with Gasteiger partial charge in [0.05, 0.1) is 18.4 Å². The lowest BCUT2D eigenvalue weighted by Gasteiger charge is -2.10. The van der Waals surface area contributed by atoms with Crippen molar-refractivity contribution in [3.63, 3.8) is 0 Å². The minimum atomic E-state index is 0.745. The maximum absolute atomic E-state index is 5.49. The summed E-state index contributed by atoms with van der Waals surface area (Å²) in [5, 5.41) is 14.2. The van der Waals surface area contributed by atoms with E-state index in [2.05, 4.69) is 44.1 Å². The first-order valence-electron chi connectivity index (χ1n) is 9.93. The summed E-state index contributed by atoms with van der Waals surface area (Å²) < 4.78 is 9.68. The summed E-state index contributed by atoms with van der Waals surface area (Å²) >= 11 is 1.77. The highest BCUT2D eigenvalue weighted by Gasteiger charge is 2.17. The zero-order valence-electron chi connectivity index (χ0n) is 16.6. The SMILES string of the molecule is Cc1occc1-c1nnc(SCCCCCn2cccn2)n1Cc1ccccc1. The van der Waals surface area contributed by atoms with Crippen LogP contribution in [0, 0.1) is 6.92 Å². The number of thioether (sulfide) groups is 1. The Hall–Kier alpha value is -2.80. The number of hydrogen-bond donors (Lipinski definition) is 0. The van der Waals surface area contributed by atoms with Crippen LogP contribution in [0.15, 0.2) is 70.7 Å². The number of aryl methyl sites for hydroxylation is 2. The molecule has 0 unspecified atom stereocenters. The van der Waals surface area contributed by atoms with E-state index in [0.29, 0.717) is 0 Å². The molecule has 1 aromatic carbocycles. The number of nitrogens with zero attached hydrogens (tertiary/aromatic N) is 5. The van der Waals surface area contributed by atoms with E-state index in [1.807, 2.05) is 42.2 Å². The van der Waals surface area contributed by atoms with Gasteiger partial charge in [-0.1, -0.05) is 48.5 Å². The molecule has 0 saturated carbocycles. The van der Waals surface area contributed by atoms with Crippen molar-refractivity contribution >= 4 is 11.8 Å². The minimum absolute atomic E-state index is 0.745. The molecule has 4 aromatic rings. The van der Waals surface area contributed by atoms with Crippen molar-refractivity contribution < 1.29 is 4.42 Å². The molecule has 0 aliphatic carbocycles. The second-order valence-electron chi connectivity index (χ2n) is 6.95. The molecular weight excluding hydrogens is 382 g/mol. The summed E-state index contributed by atoms with van der Waals surface area (Å²) in [5.41, 5.74) is 2.23. The number of unbranched alkanes of at least 4 members (excludes halogenated alkanes) is 2. The van der Waals surface area contributed by atoms with Crippen LogP contribution in [0.2, 0.25) is 0 Å². The molecule has 6 nitrogen and oxygen atoms in total. The molecule has 0 aliphatic rings. The topological polar surface area (TPSA) is 61.7 Å². The van der Waals surface area contributed by atoms with Gasteiger partial charge < -0.3 is 4.42 Å². The molecule has 4 rings (SSSR count). The van der Waals surface area contributed by atoms with Crippen LogP contribution in [0.1, 0.15) is 30.6 Å². The number of rotatable bonds is 10. The van der Waals surface area contributed by atoms with Gasteiger partial charge in [0.1, 0.15) is 5.76 Å². The summed E-state index contributed by atoms with van der Waals surface area (Å²) in [7, 11) is 0. The number of furan rings is 1. The summed E-state index contributed by atoms with van der Waals surface area (Å²) in [4.78, 5) is 0. The molecule has 7 heteroatoms. The van der Waals surface area contributed by atoms with Crippen molar-refractivity contribution in [1.82, 2.24) is 24.5 Å². The third-order valence-corrected chi connectivity index (χ3v) is 5.88. The normalized spacial score (nSPS) is 11.2. The van der Waals surface area contributed by atoms with Crippen molar-refractivity contribution in [2.45, 2.75) is 44.4 Å². The number of hydrogen-bond acceptors (Lipinski definition) is 5. The van der Waals surface area contributed by atoms with Crippen LogP contribution in [0.25, 0.3) is 11.4 Å². The largest absolute Gasteiger partial charge is 0.469 e. The molecule has 0 spiro atoms. The first kappa shape index (κ1) is 19.5. The zero-order valence-corrected chi connectivity index (χ0v) is 17.4. The van der Waals surface area contributed by atoms with Gasteiger partial charge in [-0.25, -0.2) is 0 Å². The third kappa shape index (κ3) is 4.98. The van der Waals surface area contributed by atoms with Crippen LogP contribution < -0.4 is 0 Å². The predicted molar refractivity (Wildman–Crippen MR) is 115 cm³/mol. The van der Waals surface area contributed by atoms with E-state index >= 15 is 0 Å². The smallest absolute Gasteiger partial charge is 0.191 e. The molecule has 150 valence electrons. The zero-order chi connectivity index (χ0) is 19.9. The Labute approximate surface area is 175 Å².